The van der Waals surface area contributed by atoms with Gasteiger partial charge >= 0.3 is 0 Å². The van der Waals surface area contributed by atoms with E-state index in [9.17, 15) is 4.79 Å². The highest BCUT2D eigenvalue weighted by molar-refractivity contribution is 7.29. The highest BCUT2D eigenvalue weighted by Gasteiger charge is 2.18. The van der Waals surface area contributed by atoms with Gasteiger partial charge in [-0.2, -0.15) is 0 Å². The molecule has 0 aliphatic carbocycles. The van der Waals surface area contributed by atoms with E-state index in [0.717, 1.165) is 33.4 Å². The molecule has 3 aromatic rings. The molecule has 4 nitrogen and oxygen atoms in total. The normalized spacial score (nSPS) is 15.0. The summed E-state index contributed by atoms with van der Waals surface area (Å²) >= 11 is 3.16. The van der Waals surface area contributed by atoms with Crippen molar-refractivity contribution in [2.75, 3.05) is 23.3 Å². The summed E-state index contributed by atoms with van der Waals surface area (Å²) in [6, 6.07) is 11.5. The number of thiophene rings is 1. The van der Waals surface area contributed by atoms with E-state index in [2.05, 4.69) is 10.2 Å². The van der Waals surface area contributed by atoms with Crippen LogP contribution in [0, 0.1) is 0 Å². The molecule has 1 aromatic carbocycles. The number of rotatable bonds is 3. The third-order valence-corrected chi connectivity index (χ3v) is 6.18. The number of benzene rings is 1. The van der Waals surface area contributed by atoms with Crippen molar-refractivity contribution in [3.8, 4) is 0 Å². The van der Waals surface area contributed by atoms with Crippen molar-refractivity contribution in [2.45, 2.75) is 19.3 Å². The molecule has 0 atom stereocenters. The number of carbonyl (C=O) groups excluding carboxylic acids is 1. The first-order valence-electron chi connectivity index (χ1n) is 7.81. The first kappa shape index (κ1) is 14.7. The molecule has 0 bridgehead atoms. The van der Waals surface area contributed by atoms with E-state index in [4.69, 9.17) is 4.98 Å². The quantitative estimate of drug-likeness (QED) is 0.756. The molecule has 2 aromatic heterocycles. The van der Waals surface area contributed by atoms with Gasteiger partial charge in [0, 0.05) is 18.8 Å². The number of nitrogens with one attached hydrogen (secondary N) is 1. The Morgan fingerprint density at radius 3 is 2.61 bits per heavy atom. The van der Waals surface area contributed by atoms with E-state index in [1.165, 1.54) is 30.6 Å². The molecule has 0 saturated carbocycles. The molecule has 6 heteroatoms. The van der Waals surface area contributed by atoms with E-state index < -0.39 is 0 Å². The fraction of sp³-hybridized carbons (Fsp3) is 0.294. The Morgan fingerprint density at radius 2 is 1.87 bits per heavy atom. The Labute approximate surface area is 142 Å². The lowest BCUT2D eigenvalue weighted by atomic mass is 10.1. The molecular formula is C17H17N3OS2. The van der Waals surface area contributed by atoms with Crippen molar-refractivity contribution in [3.63, 3.8) is 0 Å². The highest BCUT2D eigenvalue weighted by Crippen LogP contribution is 2.35. The fourth-order valence-corrected chi connectivity index (χ4v) is 4.93. The molecule has 0 spiro atoms. The number of carbonyl (C=O) groups is 1. The second-order valence-corrected chi connectivity index (χ2v) is 7.68. The standard InChI is InChI=1S/C17H17N3OS2/c21-15(18-12-7-3-1-4-8-12)13-11-14-16(22-13)19-17(23-14)20-9-5-2-6-10-20/h1,3-4,7-8,11H,2,5-6,9-10H2,(H,18,21). The summed E-state index contributed by atoms with van der Waals surface area (Å²) in [5, 5.41) is 4.02. The molecule has 4 rings (SSSR count). The van der Waals surface area contributed by atoms with Crippen molar-refractivity contribution in [1.29, 1.82) is 0 Å². The lowest BCUT2D eigenvalue weighted by Gasteiger charge is -2.25. The topological polar surface area (TPSA) is 45.2 Å². The van der Waals surface area contributed by atoms with Gasteiger partial charge in [-0.3, -0.25) is 4.79 Å². The Hall–Kier alpha value is -1.92. The highest BCUT2D eigenvalue weighted by atomic mass is 32.1. The number of hydrogen-bond donors (Lipinski definition) is 1. The van der Waals surface area contributed by atoms with Crippen LogP contribution in [-0.4, -0.2) is 24.0 Å². The van der Waals surface area contributed by atoms with Crippen LogP contribution in [0.25, 0.3) is 9.53 Å². The van der Waals surface area contributed by atoms with Crippen LogP contribution < -0.4 is 10.2 Å². The molecule has 1 saturated heterocycles. The van der Waals surface area contributed by atoms with Crippen LogP contribution >= 0.6 is 22.7 Å². The number of aromatic nitrogens is 1. The predicted molar refractivity (Wildman–Crippen MR) is 98.0 cm³/mol. The SMILES string of the molecule is O=C(Nc1ccccc1)c1cc2sc(N3CCCCC3)nc2s1. The number of amides is 1. The molecule has 23 heavy (non-hydrogen) atoms. The molecule has 118 valence electrons. The molecule has 1 amide bonds. The molecule has 1 aliphatic heterocycles. The van der Waals surface area contributed by atoms with Crippen molar-refractivity contribution in [1.82, 2.24) is 4.98 Å². The van der Waals surface area contributed by atoms with Crippen LogP contribution in [-0.2, 0) is 0 Å². The first-order valence-corrected chi connectivity index (χ1v) is 9.44. The van der Waals surface area contributed by atoms with Crippen LogP contribution in [0.1, 0.15) is 28.9 Å². The predicted octanol–water partition coefficient (Wildman–Crippen LogP) is 4.60. The number of piperidine rings is 1. The maximum atomic E-state index is 12.3. The molecule has 0 unspecified atom stereocenters. The van der Waals surface area contributed by atoms with Gasteiger partial charge in [-0.25, -0.2) is 4.98 Å². The Morgan fingerprint density at radius 1 is 1.09 bits per heavy atom. The number of anilines is 2. The number of para-hydroxylation sites is 1. The summed E-state index contributed by atoms with van der Waals surface area (Å²) in [4.78, 5) is 21.1. The smallest absolute Gasteiger partial charge is 0.265 e. The maximum Gasteiger partial charge on any atom is 0.265 e. The van der Waals surface area contributed by atoms with Crippen molar-refractivity contribution in [2.24, 2.45) is 0 Å². The first-order chi connectivity index (χ1) is 11.3. The zero-order valence-corrected chi connectivity index (χ0v) is 14.3. The van der Waals surface area contributed by atoms with Gasteiger partial charge in [0.1, 0.15) is 4.83 Å². The van der Waals surface area contributed by atoms with Crippen LogP contribution in [0.2, 0.25) is 0 Å². The Balaban J connectivity index is 1.53. The van der Waals surface area contributed by atoms with Gasteiger partial charge in [0.15, 0.2) is 5.13 Å². The summed E-state index contributed by atoms with van der Waals surface area (Å²) < 4.78 is 1.11. The van der Waals surface area contributed by atoms with Gasteiger partial charge in [-0.15, -0.1) is 11.3 Å². The van der Waals surface area contributed by atoms with Crippen LogP contribution in [0.5, 0.6) is 0 Å². The van der Waals surface area contributed by atoms with Gasteiger partial charge in [-0.05, 0) is 37.5 Å². The number of hydrogen-bond acceptors (Lipinski definition) is 5. The van der Waals surface area contributed by atoms with Crippen LogP contribution in [0.3, 0.4) is 0 Å². The minimum atomic E-state index is -0.0640. The summed E-state index contributed by atoms with van der Waals surface area (Å²) in [5.41, 5.74) is 0.816. The molecule has 1 fully saturated rings. The van der Waals surface area contributed by atoms with Crippen molar-refractivity contribution in [3.05, 3.63) is 41.3 Å². The summed E-state index contributed by atoms with van der Waals surface area (Å²) in [5.74, 6) is -0.0640. The maximum absolute atomic E-state index is 12.3. The lowest BCUT2D eigenvalue weighted by Crippen LogP contribution is -2.29. The largest absolute Gasteiger partial charge is 0.348 e. The summed E-state index contributed by atoms with van der Waals surface area (Å²) in [6.45, 7) is 2.20. The van der Waals surface area contributed by atoms with Crippen molar-refractivity contribution >= 4 is 48.9 Å². The third-order valence-electron chi connectivity index (χ3n) is 3.96. The average molecular weight is 343 g/mol. The summed E-state index contributed by atoms with van der Waals surface area (Å²) in [6.07, 6.45) is 3.82. The molecule has 1 N–H and O–H groups in total. The van der Waals surface area contributed by atoms with Gasteiger partial charge in [0.05, 0.1) is 9.58 Å². The fourth-order valence-electron chi connectivity index (χ4n) is 2.77. The molecule has 1 aliphatic rings. The number of nitrogens with zero attached hydrogens (tertiary/aromatic N) is 2. The third kappa shape index (κ3) is 3.09. The van der Waals surface area contributed by atoms with Gasteiger partial charge in [0.2, 0.25) is 0 Å². The van der Waals surface area contributed by atoms with Crippen LogP contribution in [0.15, 0.2) is 36.4 Å². The lowest BCUT2D eigenvalue weighted by molar-refractivity contribution is 0.103. The second-order valence-electron chi connectivity index (χ2n) is 5.64. The van der Waals surface area contributed by atoms with E-state index in [-0.39, 0.29) is 5.91 Å². The molecular weight excluding hydrogens is 326 g/mol. The Kier molecular flexibility index (Phi) is 4.01. The van der Waals surface area contributed by atoms with Gasteiger partial charge < -0.3 is 10.2 Å². The van der Waals surface area contributed by atoms with Gasteiger partial charge in [0.25, 0.3) is 5.91 Å². The van der Waals surface area contributed by atoms with E-state index in [0.29, 0.717) is 4.88 Å². The monoisotopic (exact) mass is 343 g/mol. The minimum Gasteiger partial charge on any atom is -0.348 e. The van der Waals surface area contributed by atoms with E-state index in [1.54, 1.807) is 11.3 Å². The van der Waals surface area contributed by atoms with Crippen LogP contribution in [0.4, 0.5) is 10.8 Å². The summed E-state index contributed by atoms with van der Waals surface area (Å²) in [7, 11) is 0. The number of fused-ring (bicyclic) bond motifs is 1. The second kappa shape index (κ2) is 6.29. The Bertz CT molecular complexity index is 787. The molecule has 3 heterocycles. The van der Waals surface area contributed by atoms with Crippen molar-refractivity contribution < 1.29 is 4.79 Å². The zero-order chi connectivity index (χ0) is 15.6. The minimum absolute atomic E-state index is 0.0640. The number of thiazole rings is 1. The van der Waals surface area contributed by atoms with Gasteiger partial charge in [-0.1, -0.05) is 29.5 Å². The molecule has 0 radical (unpaired) electrons. The average Bonchev–Trinajstić information content (AvgIpc) is 3.15. The zero-order valence-electron chi connectivity index (χ0n) is 12.6. The van der Waals surface area contributed by atoms with E-state index >= 15 is 0 Å². The van der Waals surface area contributed by atoms with E-state index in [1.807, 2.05) is 36.4 Å².